The Morgan fingerprint density at radius 2 is 1.71 bits per heavy atom. The average molecular weight is 373 g/mol. The maximum absolute atomic E-state index is 12.2. The van der Waals surface area contributed by atoms with Crippen LogP contribution in [0.3, 0.4) is 0 Å². The summed E-state index contributed by atoms with van der Waals surface area (Å²) in [6, 6.07) is 0. The number of carbonyl (C=O) groups excluding carboxylic acids is 1. The zero-order valence-electron chi connectivity index (χ0n) is 16.9. The molecule has 4 atom stereocenters. The summed E-state index contributed by atoms with van der Waals surface area (Å²) < 4.78 is 12.3. The quantitative estimate of drug-likeness (QED) is 0.577. The maximum Gasteiger partial charge on any atom is 0.311 e. The molecule has 2 aliphatic rings. The Balaban J connectivity index is 2.25. The van der Waals surface area contributed by atoms with Gasteiger partial charge in [0, 0.05) is 12.3 Å². The van der Waals surface area contributed by atoms with E-state index in [1.54, 1.807) is 0 Å². The smallest absolute Gasteiger partial charge is 0.311 e. The Bertz CT molecular complexity index is 502. The number of fused-ring (bicyclic) bond motifs is 2. The summed E-state index contributed by atoms with van der Waals surface area (Å²) >= 11 is 0. The molecule has 0 spiro atoms. The van der Waals surface area contributed by atoms with Crippen molar-refractivity contribution >= 4 is 22.6 Å². The van der Waals surface area contributed by atoms with E-state index in [1.807, 2.05) is 13.1 Å². The lowest BCUT2D eigenvalue weighted by Gasteiger charge is -2.45. The van der Waals surface area contributed by atoms with Crippen LogP contribution in [0.5, 0.6) is 0 Å². The van der Waals surface area contributed by atoms with Gasteiger partial charge in [-0.15, -0.1) is 0 Å². The second-order valence-electron chi connectivity index (χ2n) is 10.5. The summed E-state index contributed by atoms with van der Waals surface area (Å²) in [5.41, 5.74) is 0. The van der Waals surface area contributed by atoms with Gasteiger partial charge >= 0.3 is 5.97 Å². The first-order valence-corrected chi connectivity index (χ1v) is 15.0. The van der Waals surface area contributed by atoms with Crippen molar-refractivity contribution in [2.24, 2.45) is 11.8 Å². The van der Waals surface area contributed by atoms with Gasteiger partial charge in [0.15, 0.2) is 16.6 Å². The maximum atomic E-state index is 12.2. The Morgan fingerprint density at radius 1 is 1.17 bits per heavy atom. The first-order valence-electron chi connectivity index (χ1n) is 9.17. The Hall–Kier alpha value is -0.176. The molecule has 24 heavy (non-hydrogen) atoms. The fourth-order valence-corrected chi connectivity index (χ4v) is 5.55. The van der Waals surface area contributed by atoms with Crippen molar-refractivity contribution in [2.75, 3.05) is 0 Å². The molecular formula is C18H36O4Si2. The third kappa shape index (κ3) is 3.52. The molecule has 1 saturated carbocycles. The highest BCUT2D eigenvalue weighted by Gasteiger charge is 2.59. The summed E-state index contributed by atoms with van der Waals surface area (Å²) in [7, 11) is -4.27. The van der Waals surface area contributed by atoms with Gasteiger partial charge in [0.25, 0.3) is 0 Å². The van der Waals surface area contributed by atoms with Gasteiger partial charge in [0.2, 0.25) is 0 Å². The molecule has 4 nitrogen and oxygen atoms in total. The fourth-order valence-electron chi connectivity index (χ4n) is 3.44. The van der Waals surface area contributed by atoms with Gasteiger partial charge in [-0.25, -0.2) is 0 Å². The van der Waals surface area contributed by atoms with Crippen molar-refractivity contribution in [3.05, 3.63) is 0 Å². The number of esters is 1. The van der Waals surface area contributed by atoms with E-state index in [4.69, 9.17) is 9.16 Å². The summed E-state index contributed by atoms with van der Waals surface area (Å²) in [4.78, 5) is 22.8. The standard InChI is InChI=1S/C18H36O4Si2/c1-17(2,3)24(8,9)22-15-12-10-14(21-16(12)19)13(15)11-18(4,5)23(6,7)20/h12-15,20H,10-11H2,1-9H3/t12?,13-,14?,15+/m0/s1. The molecule has 0 aromatic carbocycles. The van der Waals surface area contributed by atoms with Crippen molar-refractivity contribution in [1.82, 2.24) is 0 Å². The molecule has 1 aliphatic heterocycles. The predicted molar refractivity (Wildman–Crippen MR) is 102 cm³/mol. The van der Waals surface area contributed by atoms with Crippen molar-refractivity contribution in [1.29, 1.82) is 0 Å². The molecule has 1 heterocycles. The molecule has 140 valence electrons. The van der Waals surface area contributed by atoms with E-state index in [0.29, 0.717) is 0 Å². The van der Waals surface area contributed by atoms with E-state index >= 15 is 0 Å². The van der Waals surface area contributed by atoms with Crippen molar-refractivity contribution in [2.45, 2.75) is 95.9 Å². The number of rotatable bonds is 5. The van der Waals surface area contributed by atoms with Crippen LogP contribution >= 0.6 is 0 Å². The predicted octanol–water partition coefficient (Wildman–Crippen LogP) is 4.31. The fraction of sp³-hybridized carbons (Fsp3) is 0.944. The zero-order valence-corrected chi connectivity index (χ0v) is 18.9. The molecule has 0 aromatic heterocycles. The van der Waals surface area contributed by atoms with Gasteiger partial charge in [-0.05, 0) is 42.7 Å². The molecule has 2 fully saturated rings. The first-order chi connectivity index (χ1) is 10.6. The van der Waals surface area contributed by atoms with Crippen molar-refractivity contribution in [3.63, 3.8) is 0 Å². The van der Waals surface area contributed by atoms with E-state index in [9.17, 15) is 9.59 Å². The molecule has 2 unspecified atom stereocenters. The monoisotopic (exact) mass is 372 g/mol. The molecule has 2 rings (SSSR count). The van der Waals surface area contributed by atoms with Crippen LogP contribution in [-0.4, -0.2) is 39.6 Å². The summed E-state index contributed by atoms with van der Waals surface area (Å²) in [5, 5.41) is -0.0204. The Kier molecular flexibility index (Phi) is 4.97. The minimum Gasteiger partial charge on any atom is -0.462 e. The zero-order chi connectivity index (χ0) is 18.7. The van der Waals surface area contributed by atoms with Crippen LogP contribution in [0.25, 0.3) is 0 Å². The second-order valence-corrected chi connectivity index (χ2v) is 19.7. The largest absolute Gasteiger partial charge is 0.462 e. The van der Waals surface area contributed by atoms with Crippen LogP contribution in [0, 0.1) is 11.8 Å². The van der Waals surface area contributed by atoms with Crippen LogP contribution in [0.4, 0.5) is 0 Å². The molecule has 0 radical (unpaired) electrons. The third-order valence-electron chi connectivity index (χ3n) is 6.99. The third-order valence-corrected chi connectivity index (χ3v) is 15.0. The van der Waals surface area contributed by atoms with Crippen LogP contribution < -0.4 is 0 Å². The van der Waals surface area contributed by atoms with E-state index < -0.39 is 16.6 Å². The first kappa shape index (κ1) is 20.1. The molecule has 1 aliphatic carbocycles. The van der Waals surface area contributed by atoms with E-state index in [-0.39, 0.29) is 40.1 Å². The second kappa shape index (κ2) is 5.93. The van der Waals surface area contributed by atoms with Crippen LogP contribution in [0.2, 0.25) is 36.3 Å². The van der Waals surface area contributed by atoms with E-state index in [2.05, 4.69) is 47.7 Å². The van der Waals surface area contributed by atoms with Crippen LogP contribution in [-0.2, 0) is 14.0 Å². The number of hydrogen-bond acceptors (Lipinski definition) is 4. The normalized spacial score (nSPS) is 31.5. The lowest BCUT2D eigenvalue weighted by molar-refractivity contribution is -0.158. The van der Waals surface area contributed by atoms with Crippen LogP contribution in [0.1, 0.15) is 47.5 Å². The average Bonchev–Trinajstić information content (AvgIpc) is 2.84. The molecular weight excluding hydrogens is 336 g/mol. The van der Waals surface area contributed by atoms with Crippen molar-refractivity contribution in [3.8, 4) is 0 Å². The Labute approximate surface area is 149 Å². The number of ether oxygens (including phenoxy) is 1. The highest BCUT2D eigenvalue weighted by molar-refractivity contribution is 6.74. The minimum atomic E-state index is -2.31. The molecule has 1 N–H and O–H groups in total. The molecule has 2 bridgehead atoms. The van der Waals surface area contributed by atoms with Gasteiger partial charge in [0.1, 0.15) is 6.10 Å². The summed E-state index contributed by atoms with van der Waals surface area (Å²) in [5.74, 6) is 0.00224. The van der Waals surface area contributed by atoms with Gasteiger partial charge in [-0.3, -0.25) is 4.79 Å². The lowest BCUT2D eigenvalue weighted by Crippen LogP contribution is -2.51. The van der Waals surface area contributed by atoms with Gasteiger partial charge < -0.3 is 14.0 Å². The molecule has 6 heteroatoms. The van der Waals surface area contributed by atoms with Crippen molar-refractivity contribution < 1.29 is 18.8 Å². The van der Waals surface area contributed by atoms with E-state index in [0.717, 1.165) is 12.8 Å². The summed E-state index contributed by atoms with van der Waals surface area (Å²) in [6.45, 7) is 19.5. The number of hydrogen-bond donors (Lipinski definition) is 1. The van der Waals surface area contributed by atoms with Gasteiger partial charge in [-0.1, -0.05) is 34.6 Å². The molecule has 0 amide bonds. The highest BCUT2D eigenvalue weighted by atomic mass is 28.4. The van der Waals surface area contributed by atoms with Crippen LogP contribution in [0.15, 0.2) is 0 Å². The SMILES string of the molecule is CC(C)(C[C@H]1C2CC(C(=O)O2)[C@H]1O[Si](C)(C)C(C)(C)C)[Si](C)(C)O. The summed E-state index contributed by atoms with van der Waals surface area (Å²) in [6.07, 6.45) is 1.56. The molecule has 1 saturated heterocycles. The van der Waals surface area contributed by atoms with Gasteiger partial charge in [0.05, 0.1) is 12.0 Å². The lowest BCUT2D eigenvalue weighted by atomic mass is 9.89. The highest BCUT2D eigenvalue weighted by Crippen LogP contribution is 2.53. The topological polar surface area (TPSA) is 55.8 Å². The Morgan fingerprint density at radius 3 is 2.17 bits per heavy atom. The number of carbonyl (C=O) groups is 1. The van der Waals surface area contributed by atoms with E-state index in [1.165, 1.54) is 0 Å². The van der Waals surface area contributed by atoms with Gasteiger partial charge in [-0.2, -0.15) is 0 Å². The molecule has 0 aromatic rings. The minimum absolute atomic E-state index is 0.0344.